The molecule has 1 heterocycles. The third kappa shape index (κ3) is 3.22. The summed E-state index contributed by atoms with van der Waals surface area (Å²) in [5.41, 5.74) is -0.262. The summed E-state index contributed by atoms with van der Waals surface area (Å²) in [6.45, 7) is 4.21. The van der Waals surface area contributed by atoms with Crippen LogP contribution in [0.5, 0.6) is 11.5 Å². The Balaban J connectivity index is 2.56. The van der Waals surface area contributed by atoms with Gasteiger partial charge in [-0.1, -0.05) is 19.9 Å². The predicted octanol–water partition coefficient (Wildman–Crippen LogP) is 4.05. The standard InChI is InChI=1S/C17H22O3S/c1-12(2)11-17(18,16-6-5-9-21-16)14-8-7-13(19-3)10-15(14)20-4/h5-10,12,18H,11H2,1-4H3. The Morgan fingerprint density at radius 3 is 2.48 bits per heavy atom. The van der Waals surface area contributed by atoms with Gasteiger partial charge >= 0.3 is 0 Å². The van der Waals surface area contributed by atoms with Gasteiger partial charge < -0.3 is 14.6 Å². The highest BCUT2D eigenvalue weighted by atomic mass is 32.1. The minimum atomic E-state index is -1.04. The second-order valence-corrected chi connectivity index (χ2v) is 6.45. The molecule has 0 bridgehead atoms. The van der Waals surface area contributed by atoms with E-state index in [9.17, 15) is 5.11 Å². The molecular formula is C17H22O3S. The minimum absolute atomic E-state index is 0.351. The van der Waals surface area contributed by atoms with Crippen LogP contribution in [-0.4, -0.2) is 19.3 Å². The Morgan fingerprint density at radius 1 is 1.19 bits per heavy atom. The molecule has 1 aromatic carbocycles. The molecule has 0 radical (unpaired) electrons. The fourth-order valence-electron chi connectivity index (χ4n) is 2.59. The molecule has 0 amide bonds. The molecule has 1 aromatic heterocycles. The van der Waals surface area contributed by atoms with Gasteiger partial charge in [-0.25, -0.2) is 0 Å². The molecular weight excluding hydrogens is 284 g/mol. The quantitative estimate of drug-likeness (QED) is 0.875. The lowest BCUT2D eigenvalue weighted by Crippen LogP contribution is -2.28. The molecule has 3 nitrogen and oxygen atoms in total. The molecule has 1 unspecified atom stereocenters. The largest absolute Gasteiger partial charge is 0.497 e. The summed E-state index contributed by atoms with van der Waals surface area (Å²) < 4.78 is 10.7. The lowest BCUT2D eigenvalue weighted by Gasteiger charge is -2.31. The Kier molecular flexibility index (Phi) is 4.91. The van der Waals surface area contributed by atoms with E-state index in [4.69, 9.17) is 9.47 Å². The zero-order valence-corrected chi connectivity index (χ0v) is 13.7. The molecule has 1 atom stereocenters. The highest BCUT2D eigenvalue weighted by Crippen LogP contribution is 2.43. The number of aliphatic hydroxyl groups is 1. The molecule has 21 heavy (non-hydrogen) atoms. The maximum absolute atomic E-state index is 11.4. The summed E-state index contributed by atoms with van der Waals surface area (Å²) in [5.74, 6) is 1.71. The van der Waals surface area contributed by atoms with Gasteiger partial charge in [0.1, 0.15) is 17.1 Å². The number of thiophene rings is 1. The molecule has 0 fully saturated rings. The van der Waals surface area contributed by atoms with Crippen LogP contribution in [0.3, 0.4) is 0 Å². The lowest BCUT2D eigenvalue weighted by atomic mass is 9.84. The SMILES string of the molecule is COc1ccc(C(O)(CC(C)C)c2cccs2)c(OC)c1. The molecule has 114 valence electrons. The van der Waals surface area contributed by atoms with Crippen LogP contribution in [-0.2, 0) is 5.60 Å². The average molecular weight is 306 g/mol. The van der Waals surface area contributed by atoms with Crippen molar-refractivity contribution in [1.29, 1.82) is 0 Å². The van der Waals surface area contributed by atoms with Gasteiger partial charge in [-0.3, -0.25) is 0 Å². The summed E-state index contributed by atoms with van der Waals surface area (Å²) in [6, 6.07) is 9.49. The first-order valence-corrected chi connectivity index (χ1v) is 7.88. The summed E-state index contributed by atoms with van der Waals surface area (Å²) in [5, 5.41) is 13.4. The normalized spacial score (nSPS) is 14.0. The Labute approximate surface area is 130 Å². The van der Waals surface area contributed by atoms with E-state index in [0.29, 0.717) is 23.8 Å². The molecule has 2 rings (SSSR count). The number of hydrogen-bond donors (Lipinski definition) is 1. The molecule has 0 saturated carbocycles. The fourth-order valence-corrected chi connectivity index (χ4v) is 3.44. The van der Waals surface area contributed by atoms with Crippen molar-refractivity contribution < 1.29 is 14.6 Å². The van der Waals surface area contributed by atoms with E-state index in [0.717, 1.165) is 10.4 Å². The Bertz CT molecular complexity index is 578. The van der Waals surface area contributed by atoms with Gasteiger partial charge in [0.2, 0.25) is 0 Å². The summed E-state index contributed by atoms with van der Waals surface area (Å²) in [7, 11) is 3.23. The number of methoxy groups -OCH3 is 2. The average Bonchev–Trinajstić information content (AvgIpc) is 3.00. The Hall–Kier alpha value is -1.52. The topological polar surface area (TPSA) is 38.7 Å². The van der Waals surface area contributed by atoms with Gasteiger partial charge in [0, 0.05) is 16.5 Å². The van der Waals surface area contributed by atoms with E-state index in [2.05, 4.69) is 13.8 Å². The first-order chi connectivity index (χ1) is 10.0. The molecule has 1 N–H and O–H groups in total. The predicted molar refractivity (Wildman–Crippen MR) is 86.3 cm³/mol. The Morgan fingerprint density at radius 2 is 1.95 bits per heavy atom. The van der Waals surface area contributed by atoms with Crippen molar-refractivity contribution in [3.8, 4) is 11.5 Å². The summed E-state index contributed by atoms with van der Waals surface area (Å²) >= 11 is 1.56. The second kappa shape index (κ2) is 6.50. The molecule has 2 aromatic rings. The van der Waals surface area contributed by atoms with Crippen LogP contribution in [0.15, 0.2) is 35.7 Å². The minimum Gasteiger partial charge on any atom is -0.497 e. The van der Waals surface area contributed by atoms with E-state index >= 15 is 0 Å². The van der Waals surface area contributed by atoms with E-state index in [1.54, 1.807) is 25.6 Å². The van der Waals surface area contributed by atoms with Crippen molar-refractivity contribution in [2.75, 3.05) is 14.2 Å². The van der Waals surface area contributed by atoms with Crippen LogP contribution < -0.4 is 9.47 Å². The van der Waals surface area contributed by atoms with Gasteiger partial charge in [-0.15, -0.1) is 11.3 Å². The van der Waals surface area contributed by atoms with Gasteiger partial charge in [0.15, 0.2) is 0 Å². The highest BCUT2D eigenvalue weighted by Gasteiger charge is 2.36. The van der Waals surface area contributed by atoms with E-state index in [1.807, 2.05) is 35.7 Å². The van der Waals surface area contributed by atoms with Crippen molar-refractivity contribution in [1.82, 2.24) is 0 Å². The van der Waals surface area contributed by atoms with Gasteiger partial charge in [0.05, 0.1) is 14.2 Å². The van der Waals surface area contributed by atoms with Gasteiger partial charge in [0.25, 0.3) is 0 Å². The van der Waals surface area contributed by atoms with Crippen LogP contribution in [0, 0.1) is 5.92 Å². The zero-order chi connectivity index (χ0) is 15.5. The van der Waals surface area contributed by atoms with E-state index in [1.165, 1.54) is 0 Å². The molecule has 0 aliphatic rings. The van der Waals surface area contributed by atoms with Gasteiger partial charge in [-0.2, -0.15) is 0 Å². The third-order valence-corrected chi connectivity index (χ3v) is 4.51. The molecule has 0 spiro atoms. The molecule has 0 saturated heterocycles. The smallest absolute Gasteiger partial charge is 0.129 e. The second-order valence-electron chi connectivity index (χ2n) is 5.50. The molecule has 0 aliphatic carbocycles. The lowest BCUT2D eigenvalue weighted by molar-refractivity contribution is 0.0585. The maximum Gasteiger partial charge on any atom is 0.129 e. The van der Waals surface area contributed by atoms with Crippen molar-refractivity contribution in [2.24, 2.45) is 5.92 Å². The van der Waals surface area contributed by atoms with Crippen molar-refractivity contribution in [3.05, 3.63) is 46.2 Å². The van der Waals surface area contributed by atoms with Crippen LogP contribution in [0.1, 0.15) is 30.7 Å². The van der Waals surface area contributed by atoms with Crippen molar-refractivity contribution in [2.45, 2.75) is 25.9 Å². The monoisotopic (exact) mass is 306 g/mol. The summed E-state index contributed by atoms with van der Waals surface area (Å²) in [6.07, 6.45) is 0.635. The zero-order valence-electron chi connectivity index (χ0n) is 12.9. The first-order valence-electron chi connectivity index (χ1n) is 7.00. The van der Waals surface area contributed by atoms with Crippen LogP contribution >= 0.6 is 11.3 Å². The first kappa shape index (κ1) is 15.9. The number of ether oxygens (including phenoxy) is 2. The van der Waals surface area contributed by atoms with Crippen molar-refractivity contribution >= 4 is 11.3 Å². The fraction of sp³-hybridized carbons (Fsp3) is 0.412. The van der Waals surface area contributed by atoms with Crippen LogP contribution in [0.4, 0.5) is 0 Å². The van der Waals surface area contributed by atoms with Crippen molar-refractivity contribution in [3.63, 3.8) is 0 Å². The van der Waals surface area contributed by atoms with Gasteiger partial charge in [-0.05, 0) is 35.9 Å². The number of rotatable bonds is 6. The van der Waals surface area contributed by atoms with Crippen LogP contribution in [0.2, 0.25) is 0 Å². The molecule has 4 heteroatoms. The van der Waals surface area contributed by atoms with E-state index in [-0.39, 0.29) is 0 Å². The maximum atomic E-state index is 11.4. The molecule has 0 aliphatic heterocycles. The van der Waals surface area contributed by atoms with Crippen LogP contribution in [0.25, 0.3) is 0 Å². The number of hydrogen-bond acceptors (Lipinski definition) is 4. The third-order valence-electron chi connectivity index (χ3n) is 3.49. The highest BCUT2D eigenvalue weighted by molar-refractivity contribution is 7.10. The summed E-state index contributed by atoms with van der Waals surface area (Å²) in [4.78, 5) is 0.930. The van der Waals surface area contributed by atoms with E-state index < -0.39 is 5.60 Å². The number of benzene rings is 1.